The van der Waals surface area contributed by atoms with Crippen molar-refractivity contribution in [2.75, 3.05) is 20.3 Å². The summed E-state index contributed by atoms with van der Waals surface area (Å²) in [5, 5.41) is 0. The second kappa shape index (κ2) is 4.74. The molecule has 1 rings (SSSR count). The molecule has 1 amide bonds. The molecule has 0 aliphatic rings. The Morgan fingerprint density at radius 1 is 1.36 bits per heavy atom. The van der Waals surface area contributed by atoms with Crippen LogP contribution in [-0.4, -0.2) is 31.1 Å². The summed E-state index contributed by atoms with van der Waals surface area (Å²) in [5.41, 5.74) is 1.71. The zero-order valence-electron chi connectivity index (χ0n) is 8.46. The molecule has 1 aromatic rings. The van der Waals surface area contributed by atoms with Crippen molar-refractivity contribution in [3.05, 3.63) is 35.4 Å². The lowest BCUT2D eigenvalue weighted by molar-refractivity contribution is 0.0786. The molecule has 0 radical (unpaired) electrons. The number of carbonyl (C=O) groups excluding carboxylic acids is 1. The van der Waals surface area contributed by atoms with Crippen molar-refractivity contribution < 1.29 is 9.18 Å². The molecule has 0 saturated heterocycles. The highest BCUT2D eigenvalue weighted by Crippen LogP contribution is 2.05. The molecule has 0 fully saturated rings. The second-order valence-electron chi connectivity index (χ2n) is 3.28. The van der Waals surface area contributed by atoms with E-state index in [1.165, 1.54) is 4.90 Å². The number of alkyl halides is 1. The lowest BCUT2D eigenvalue weighted by Crippen LogP contribution is -2.28. The smallest absolute Gasteiger partial charge is 0.253 e. The third kappa shape index (κ3) is 2.55. The van der Waals surface area contributed by atoms with Gasteiger partial charge in [-0.1, -0.05) is 17.7 Å². The van der Waals surface area contributed by atoms with E-state index < -0.39 is 6.67 Å². The van der Waals surface area contributed by atoms with Gasteiger partial charge < -0.3 is 4.90 Å². The maximum Gasteiger partial charge on any atom is 0.253 e. The minimum absolute atomic E-state index is 0.136. The molecule has 0 saturated carbocycles. The SMILES string of the molecule is Cc1ccc(C(=O)N(C)CCF)cc1. The first-order chi connectivity index (χ1) is 6.65. The molecule has 0 atom stereocenters. The van der Waals surface area contributed by atoms with E-state index in [-0.39, 0.29) is 12.5 Å². The molecule has 0 aliphatic heterocycles. The maximum absolute atomic E-state index is 12.0. The lowest BCUT2D eigenvalue weighted by Gasteiger charge is -2.14. The average Bonchev–Trinajstić information content (AvgIpc) is 2.18. The minimum atomic E-state index is -0.506. The van der Waals surface area contributed by atoms with Gasteiger partial charge in [0, 0.05) is 19.2 Å². The van der Waals surface area contributed by atoms with Crippen molar-refractivity contribution in [1.82, 2.24) is 4.90 Å². The molecule has 0 spiro atoms. The summed E-state index contributed by atoms with van der Waals surface area (Å²) in [7, 11) is 1.60. The van der Waals surface area contributed by atoms with E-state index >= 15 is 0 Å². The Morgan fingerprint density at radius 3 is 2.43 bits per heavy atom. The van der Waals surface area contributed by atoms with Crippen LogP contribution >= 0.6 is 0 Å². The Hall–Kier alpha value is -1.38. The van der Waals surface area contributed by atoms with Crippen LogP contribution in [0.25, 0.3) is 0 Å². The van der Waals surface area contributed by atoms with Crippen LogP contribution in [0, 0.1) is 6.92 Å². The molecule has 0 bridgehead atoms. The predicted molar refractivity (Wildman–Crippen MR) is 54.1 cm³/mol. The molecule has 0 unspecified atom stereocenters. The van der Waals surface area contributed by atoms with Crippen LogP contribution in [0.2, 0.25) is 0 Å². The first-order valence-corrected chi connectivity index (χ1v) is 4.53. The highest BCUT2D eigenvalue weighted by atomic mass is 19.1. The summed E-state index contributed by atoms with van der Waals surface area (Å²) in [6, 6.07) is 7.26. The molecule has 0 N–H and O–H groups in total. The Kier molecular flexibility index (Phi) is 3.63. The number of benzene rings is 1. The van der Waals surface area contributed by atoms with Gasteiger partial charge in [-0.05, 0) is 19.1 Å². The fourth-order valence-corrected chi connectivity index (χ4v) is 1.14. The molecule has 2 nitrogen and oxygen atoms in total. The van der Waals surface area contributed by atoms with Crippen molar-refractivity contribution >= 4 is 5.91 Å². The van der Waals surface area contributed by atoms with Gasteiger partial charge in [0.25, 0.3) is 5.91 Å². The van der Waals surface area contributed by atoms with E-state index in [1.54, 1.807) is 19.2 Å². The number of hydrogen-bond donors (Lipinski definition) is 0. The zero-order chi connectivity index (χ0) is 10.6. The normalized spacial score (nSPS) is 9.93. The molecule has 0 aromatic heterocycles. The van der Waals surface area contributed by atoms with E-state index in [9.17, 15) is 9.18 Å². The fourth-order valence-electron chi connectivity index (χ4n) is 1.14. The van der Waals surface area contributed by atoms with Crippen LogP contribution in [0.1, 0.15) is 15.9 Å². The van der Waals surface area contributed by atoms with Crippen LogP contribution in [0.3, 0.4) is 0 Å². The fraction of sp³-hybridized carbons (Fsp3) is 0.364. The van der Waals surface area contributed by atoms with E-state index in [1.807, 2.05) is 19.1 Å². The Morgan fingerprint density at radius 2 is 1.93 bits per heavy atom. The quantitative estimate of drug-likeness (QED) is 0.722. The Labute approximate surface area is 83.3 Å². The van der Waals surface area contributed by atoms with Crippen molar-refractivity contribution in [2.45, 2.75) is 6.92 Å². The lowest BCUT2D eigenvalue weighted by atomic mass is 10.1. The highest BCUT2D eigenvalue weighted by Gasteiger charge is 2.09. The molecular weight excluding hydrogens is 181 g/mol. The highest BCUT2D eigenvalue weighted by molar-refractivity contribution is 5.94. The summed E-state index contributed by atoms with van der Waals surface area (Å²) in [6.45, 7) is 1.60. The van der Waals surface area contributed by atoms with E-state index in [0.717, 1.165) is 5.56 Å². The second-order valence-corrected chi connectivity index (χ2v) is 3.28. The number of nitrogens with zero attached hydrogens (tertiary/aromatic N) is 1. The largest absolute Gasteiger partial charge is 0.339 e. The Bertz CT molecular complexity index is 308. The van der Waals surface area contributed by atoms with Gasteiger partial charge in [0.1, 0.15) is 6.67 Å². The third-order valence-electron chi connectivity index (χ3n) is 2.07. The van der Waals surface area contributed by atoms with Gasteiger partial charge in [-0.25, -0.2) is 4.39 Å². The van der Waals surface area contributed by atoms with Crippen LogP contribution in [-0.2, 0) is 0 Å². The first-order valence-electron chi connectivity index (χ1n) is 4.53. The van der Waals surface area contributed by atoms with Crippen LogP contribution < -0.4 is 0 Å². The van der Waals surface area contributed by atoms with Gasteiger partial charge >= 0.3 is 0 Å². The summed E-state index contributed by atoms with van der Waals surface area (Å²) in [5.74, 6) is -0.136. The van der Waals surface area contributed by atoms with E-state index in [2.05, 4.69) is 0 Å². The van der Waals surface area contributed by atoms with Crippen molar-refractivity contribution in [1.29, 1.82) is 0 Å². The molecule has 1 aromatic carbocycles. The standard InChI is InChI=1S/C11H14FNO/c1-9-3-5-10(6-4-9)11(14)13(2)8-7-12/h3-6H,7-8H2,1-2H3. The number of aryl methyl sites for hydroxylation is 1. The summed E-state index contributed by atoms with van der Waals surface area (Å²) in [6.07, 6.45) is 0. The predicted octanol–water partition coefficient (Wildman–Crippen LogP) is 2.04. The van der Waals surface area contributed by atoms with Gasteiger partial charge in [-0.15, -0.1) is 0 Å². The molecule has 14 heavy (non-hydrogen) atoms. The summed E-state index contributed by atoms with van der Waals surface area (Å²) >= 11 is 0. The van der Waals surface area contributed by atoms with E-state index in [0.29, 0.717) is 5.56 Å². The number of halogens is 1. The molecule has 3 heteroatoms. The number of amides is 1. The first kappa shape index (κ1) is 10.7. The van der Waals surface area contributed by atoms with Crippen LogP contribution in [0.5, 0.6) is 0 Å². The van der Waals surface area contributed by atoms with Crippen molar-refractivity contribution in [3.63, 3.8) is 0 Å². The molecule has 0 aliphatic carbocycles. The van der Waals surface area contributed by atoms with Gasteiger partial charge in [-0.2, -0.15) is 0 Å². The topological polar surface area (TPSA) is 20.3 Å². The Balaban J connectivity index is 2.74. The van der Waals surface area contributed by atoms with Crippen LogP contribution in [0.4, 0.5) is 4.39 Å². The van der Waals surface area contributed by atoms with Gasteiger partial charge in [0.15, 0.2) is 0 Å². The number of carbonyl (C=O) groups is 1. The number of hydrogen-bond acceptors (Lipinski definition) is 1. The number of rotatable bonds is 3. The molecule has 0 heterocycles. The van der Waals surface area contributed by atoms with Crippen molar-refractivity contribution in [3.8, 4) is 0 Å². The monoisotopic (exact) mass is 195 g/mol. The van der Waals surface area contributed by atoms with Crippen molar-refractivity contribution in [2.24, 2.45) is 0 Å². The summed E-state index contributed by atoms with van der Waals surface area (Å²) < 4.78 is 12.0. The average molecular weight is 195 g/mol. The van der Waals surface area contributed by atoms with Gasteiger partial charge in [0.2, 0.25) is 0 Å². The van der Waals surface area contributed by atoms with Gasteiger partial charge in [0.05, 0.1) is 0 Å². The van der Waals surface area contributed by atoms with Gasteiger partial charge in [-0.3, -0.25) is 4.79 Å². The van der Waals surface area contributed by atoms with E-state index in [4.69, 9.17) is 0 Å². The zero-order valence-corrected chi connectivity index (χ0v) is 8.46. The summed E-state index contributed by atoms with van der Waals surface area (Å²) in [4.78, 5) is 13.0. The minimum Gasteiger partial charge on any atom is -0.339 e. The maximum atomic E-state index is 12.0. The van der Waals surface area contributed by atoms with Crippen LogP contribution in [0.15, 0.2) is 24.3 Å². The molecule has 76 valence electrons. The third-order valence-corrected chi connectivity index (χ3v) is 2.07. The molecular formula is C11H14FNO.